The van der Waals surface area contributed by atoms with E-state index in [9.17, 15) is 26.0 Å². The van der Waals surface area contributed by atoms with Crippen LogP contribution in [0, 0.1) is 29.1 Å². The molecule has 3 aromatic rings. The molecule has 3 aromatic carbocycles. The van der Waals surface area contributed by atoms with Gasteiger partial charge < -0.3 is 14.2 Å². The monoisotopic (exact) mass is 541 g/mol. The Labute approximate surface area is 209 Å². The summed E-state index contributed by atoms with van der Waals surface area (Å²) in [6, 6.07) is 5.73. The van der Waals surface area contributed by atoms with E-state index >= 15 is 4.39 Å². The summed E-state index contributed by atoms with van der Waals surface area (Å²) in [5.41, 5.74) is -1.000. The van der Waals surface area contributed by atoms with Gasteiger partial charge in [0.1, 0.15) is 34.0 Å². The minimum Gasteiger partial charge on any atom is -0.440 e. The highest BCUT2D eigenvalue weighted by Crippen LogP contribution is 2.50. The smallest absolute Gasteiger partial charge is 0.311 e. The predicted molar refractivity (Wildman–Crippen MR) is 120 cm³/mol. The number of rotatable bonds is 6. The third-order valence-corrected chi connectivity index (χ3v) is 8.31. The zero-order valence-electron chi connectivity index (χ0n) is 19.3. The fraction of sp³-hybridized carbons (Fsp3) is 0.280. The summed E-state index contributed by atoms with van der Waals surface area (Å²) < 4.78 is 117. The summed E-state index contributed by atoms with van der Waals surface area (Å²) in [5.74, 6) is -8.62. The van der Waals surface area contributed by atoms with Gasteiger partial charge in [0.05, 0.1) is 17.7 Å². The van der Waals surface area contributed by atoms with Crippen LogP contribution in [-0.4, -0.2) is 39.0 Å². The molecule has 2 aliphatic heterocycles. The van der Waals surface area contributed by atoms with Crippen LogP contribution in [0.1, 0.15) is 24.0 Å². The standard InChI is InChI=1S/C25H20F5NO5S/c1-34-13-16-3-2-8-31(16)37(32,33)24-12-23-22(11-21(24)30)35-25(36-23,17-6-4-14(26)9-19(17)28)18-7-5-15(27)10-20(18)29/h4-7,9-12,16H,2-3,8,13H2,1H3/t16-/m0/s1. The molecule has 0 bridgehead atoms. The predicted octanol–water partition coefficient (Wildman–Crippen LogP) is 4.85. The lowest BCUT2D eigenvalue weighted by atomic mass is 9.96. The second-order valence-corrected chi connectivity index (χ2v) is 10.5. The van der Waals surface area contributed by atoms with Gasteiger partial charge in [-0.05, 0) is 37.1 Å². The van der Waals surface area contributed by atoms with Crippen LogP contribution in [-0.2, 0) is 20.5 Å². The molecule has 0 amide bonds. The average molecular weight is 541 g/mol. The number of halogens is 5. The van der Waals surface area contributed by atoms with Crippen molar-refractivity contribution >= 4 is 10.0 Å². The number of fused-ring (bicyclic) bond motifs is 1. The van der Waals surface area contributed by atoms with Crippen molar-refractivity contribution in [2.75, 3.05) is 20.3 Å². The van der Waals surface area contributed by atoms with Gasteiger partial charge in [-0.1, -0.05) is 0 Å². The van der Waals surface area contributed by atoms with Gasteiger partial charge in [0.2, 0.25) is 10.0 Å². The molecule has 37 heavy (non-hydrogen) atoms. The van der Waals surface area contributed by atoms with Gasteiger partial charge in [-0.25, -0.2) is 30.4 Å². The lowest BCUT2D eigenvalue weighted by Gasteiger charge is -2.29. The number of benzene rings is 3. The molecule has 1 fully saturated rings. The summed E-state index contributed by atoms with van der Waals surface area (Å²) in [6.07, 6.45) is 1.08. The molecule has 5 rings (SSSR count). The van der Waals surface area contributed by atoms with E-state index in [-0.39, 0.29) is 24.7 Å². The van der Waals surface area contributed by atoms with Crippen molar-refractivity contribution < 1.29 is 44.6 Å². The van der Waals surface area contributed by atoms with Crippen LogP contribution in [0.5, 0.6) is 11.5 Å². The Morgan fingerprint density at radius 3 is 2.00 bits per heavy atom. The van der Waals surface area contributed by atoms with E-state index in [2.05, 4.69) is 0 Å². The van der Waals surface area contributed by atoms with Gasteiger partial charge in [0.15, 0.2) is 11.5 Å². The van der Waals surface area contributed by atoms with Crippen LogP contribution in [0.3, 0.4) is 0 Å². The van der Waals surface area contributed by atoms with Crippen molar-refractivity contribution in [2.24, 2.45) is 0 Å². The molecule has 1 saturated heterocycles. The number of hydrogen-bond donors (Lipinski definition) is 0. The van der Waals surface area contributed by atoms with E-state index in [0.717, 1.165) is 40.7 Å². The fourth-order valence-electron chi connectivity index (χ4n) is 4.69. The third kappa shape index (κ3) is 4.22. The van der Waals surface area contributed by atoms with E-state index in [4.69, 9.17) is 14.2 Å². The number of sulfonamides is 1. The van der Waals surface area contributed by atoms with E-state index in [1.807, 2.05) is 0 Å². The molecule has 12 heteroatoms. The molecule has 2 aliphatic rings. The van der Waals surface area contributed by atoms with Crippen molar-refractivity contribution in [2.45, 2.75) is 29.6 Å². The summed E-state index contributed by atoms with van der Waals surface area (Å²) in [7, 11) is -2.94. The Hall–Kier alpha value is -3.22. The number of nitrogens with zero attached hydrogens (tertiary/aromatic N) is 1. The highest BCUT2D eigenvalue weighted by atomic mass is 32.2. The lowest BCUT2D eigenvalue weighted by molar-refractivity contribution is -0.0516. The van der Waals surface area contributed by atoms with E-state index in [1.165, 1.54) is 7.11 Å². The minimum atomic E-state index is -4.36. The first-order valence-corrected chi connectivity index (χ1v) is 12.6. The maximum atomic E-state index is 15.2. The first-order chi connectivity index (χ1) is 17.6. The lowest BCUT2D eigenvalue weighted by Crippen LogP contribution is -2.39. The van der Waals surface area contributed by atoms with Gasteiger partial charge in [0.25, 0.3) is 0 Å². The molecular weight excluding hydrogens is 521 g/mol. The van der Waals surface area contributed by atoms with Crippen molar-refractivity contribution in [1.29, 1.82) is 0 Å². The normalized spacial score (nSPS) is 18.9. The van der Waals surface area contributed by atoms with Crippen LogP contribution in [0.15, 0.2) is 53.4 Å². The van der Waals surface area contributed by atoms with Crippen LogP contribution < -0.4 is 9.47 Å². The maximum absolute atomic E-state index is 15.2. The summed E-state index contributed by atoms with van der Waals surface area (Å²) >= 11 is 0. The molecule has 196 valence electrons. The molecule has 0 aliphatic carbocycles. The molecule has 0 spiro atoms. The van der Waals surface area contributed by atoms with Crippen molar-refractivity contribution in [3.05, 3.63) is 88.7 Å². The van der Waals surface area contributed by atoms with Crippen LogP contribution >= 0.6 is 0 Å². The number of methoxy groups -OCH3 is 1. The molecule has 0 N–H and O–H groups in total. The van der Waals surface area contributed by atoms with Gasteiger partial charge in [-0.3, -0.25) is 0 Å². The molecule has 1 atom stereocenters. The van der Waals surface area contributed by atoms with E-state index < -0.39 is 67.0 Å². The number of hydrogen-bond acceptors (Lipinski definition) is 5. The van der Waals surface area contributed by atoms with Crippen LogP contribution in [0.25, 0.3) is 0 Å². The molecule has 2 heterocycles. The van der Waals surface area contributed by atoms with E-state index in [0.29, 0.717) is 25.0 Å². The second kappa shape index (κ2) is 9.26. The van der Waals surface area contributed by atoms with Crippen molar-refractivity contribution in [3.8, 4) is 11.5 Å². The zero-order chi connectivity index (χ0) is 26.5. The average Bonchev–Trinajstić information content (AvgIpc) is 3.44. The Morgan fingerprint density at radius 2 is 1.46 bits per heavy atom. The molecular formula is C25H20F5NO5S. The highest BCUT2D eigenvalue weighted by molar-refractivity contribution is 7.89. The van der Waals surface area contributed by atoms with Gasteiger partial charge in [-0.15, -0.1) is 0 Å². The van der Waals surface area contributed by atoms with E-state index in [1.54, 1.807) is 0 Å². The molecule has 0 unspecified atom stereocenters. The van der Waals surface area contributed by atoms with Crippen molar-refractivity contribution in [3.63, 3.8) is 0 Å². The Balaban J connectivity index is 1.64. The summed E-state index contributed by atoms with van der Waals surface area (Å²) in [5, 5.41) is 0. The van der Waals surface area contributed by atoms with Crippen LogP contribution in [0.2, 0.25) is 0 Å². The summed E-state index contributed by atoms with van der Waals surface area (Å²) in [6.45, 7) is 0.262. The minimum absolute atomic E-state index is 0.113. The van der Waals surface area contributed by atoms with Gasteiger partial charge in [-0.2, -0.15) is 4.31 Å². The molecule has 0 saturated carbocycles. The quantitative estimate of drug-likeness (QED) is 0.418. The van der Waals surface area contributed by atoms with Gasteiger partial charge in [0, 0.05) is 44.0 Å². The second-order valence-electron chi connectivity index (χ2n) is 8.67. The Kier molecular flexibility index (Phi) is 6.37. The number of ether oxygens (including phenoxy) is 3. The summed E-state index contributed by atoms with van der Waals surface area (Å²) in [4.78, 5) is -0.729. The maximum Gasteiger partial charge on any atom is 0.311 e. The first-order valence-electron chi connectivity index (χ1n) is 11.2. The largest absolute Gasteiger partial charge is 0.440 e. The van der Waals surface area contributed by atoms with Gasteiger partial charge >= 0.3 is 5.79 Å². The third-order valence-electron chi connectivity index (χ3n) is 6.35. The Bertz CT molecular complexity index is 1430. The van der Waals surface area contributed by atoms with Crippen molar-refractivity contribution in [1.82, 2.24) is 4.31 Å². The zero-order valence-corrected chi connectivity index (χ0v) is 20.1. The van der Waals surface area contributed by atoms with Crippen LogP contribution in [0.4, 0.5) is 22.0 Å². The topological polar surface area (TPSA) is 65.1 Å². The Morgan fingerprint density at radius 1 is 0.892 bits per heavy atom. The SMILES string of the molecule is COC[C@@H]1CCCN1S(=O)(=O)c1cc2c(cc1F)OC(c1ccc(F)cc1F)(c1ccc(F)cc1F)O2. The molecule has 6 nitrogen and oxygen atoms in total. The fourth-order valence-corrected chi connectivity index (χ4v) is 6.44. The molecule has 0 radical (unpaired) electrons. The first kappa shape index (κ1) is 25.4. The highest BCUT2D eigenvalue weighted by Gasteiger charge is 2.50. The molecule has 0 aromatic heterocycles.